The van der Waals surface area contributed by atoms with Crippen LogP contribution < -0.4 is 5.73 Å². The fourth-order valence-electron chi connectivity index (χ4n) is 0.917. The van der Waals surface area contributed by atoms with Crippen molar-refractivity contribution in [3.8, 4) is 0 Å². The maximum absolute atomic E-state index is 5.64. The maximum atomic E-state index is 5.64. The summed E-state index contributed by atoms with van der Waals surface area (Å²) in [5.74, 6) is 0.604. The summed E-state index contributed by atoms with van der Waals surface area (Å²) in [7, 11) is 0. The molecule has 11 heavy (non-hydrogen) atoms. The normalized spacial score (nSPS) is 10.0. The zero-order chi connectivity index (χ0) is 8.27. The Bertz CT molecular complexity index is 249. The van der Waals surface area contributed by atoms with Crippen LogP contribution in [0.4, 0.5) is 5.82 Å². The van der Waals surface area contributed by atoms with E-state index in [9.17, 15) is 0 Å². The molecule has 0 atom stereocenters. The fraction of sp³-hybridized carbons (Fsp3) is 0.429. The first-order chi connectivity index (χ1) is 5.29. The topological polar surface area (TPSA) is 51.8 Å². The van der Waals surface area contributed by atoms with Gasteiger partial charge in [-0.25, -0.2) is 9.97 Å². The van der Waals surface area contributed by atoms with Crippen LogP contribution in [0.1, 0.15) is 12.5 Å². The quantitative estimate of drug-likeness (QED) is 0.536. The second kappa shape index (κ2) is 3.57. The number of nitrogens with zero attached hydrogens (tertiary/aromatic N) is 2. The van der Waals surface area contributed by atoms with E-state index in [0.717, 1.165) is 17.0 Å². The van der Waals surface area contributed by atoms with Gasteiger partial charge in [0.1, 0.15) is 17.2 Å². The van der Waals surface area contributed by atoms with Crippen molar-refractivity contribution < 1.29 is 0 Å². The summed E-state index contributed by atoms with van der Waals surface area (Å²) in [4.78, 5) is 8.01. The van der Waals surface area contributed by atoms with Crippen LogP contribution in [0, 0.1) is 0 Å². The summed E-state index contributed by atoms with van der Waals surface area (Å²) < 4.78 is 0. The number of nitrogens with two attached hydrogens (primary N) is 1. The molecule has 0 aromatic carbocycles. The molecule has 0 radical (unpaired) electrons. The monoisotopic (exact) mass is 169 g/mol. The van der Waals surface area contributed by atoms with Gasteiger partial charge >= 0.3 is 0 Å². The molecule has 0 amide bonds. The summed E-state index contributed by atoms with van der Waals surface area (Å²) in [6, 6.07) is 0. The summed E-state index contributed by atoms with van der Waals surface area (Å²) in [6.45, 7) is 2.05. The lowest BCUT2D eigenvalue weighted by Crippen LogP contribution is -1.99. The van der Waals surface area contributed by atoms with E-state index in [-0.39, 0.29) is 0 Å². The highest BCUT2D eigenvalue weighted by atomic mass is 32.2. The van der Waals surface area contributed by atoms with Gasteiger partial charge in [0.05, 0.1) is 0 Å². The number of anilines is 1. The van der Waals surface area contributed by atoms with E-state index >= 15 is 0 Å². The van der Waals surface area contributed by atoms with Crippen LogP contribution in [0.15, 0.2) is 11.4 Å². The van der Waals surface area contributed by atoms with Gasteiger partial charge in [-0.1, -0.05) is 6.92 Å². The van der Waals surface area contributed by atoms with Crippen molar-refractivity contribution in [2.24, 2.45) is 0 Å². The van der Waals surface area contributed by atoms with Crippen LogP contribution in [0.25, 0.3) is 0 Å². The molecule has 0 spiro atoms. The van der Waals surface area contributed by atoms with Crippen molar-refractivity contribution in [1.29, 1.82) is 0 Å². The molecule has 0 unspecified atom stereocenters. The largest absolute Gasteiger partial charge is 0.383 e. The number of hydrogen-bond acceptors (Lipinski definition) is 4. The highest BCUT2D eigenvalue weighted by molar-refractivity contribution is 7.98. The van der Waals surface area contributed by atoms with Crippen LogP contribution in [0.2, 0.25) is 0 Å². The lowest BCUT2D eigenvalue weighted by molar-refractivity contribution is 0.955. The van der Waals surface area contributed by atoms with Gasteiger partial charge in [0.25, 0.3) is 0 Å². The maximum Gasteiger partial charge on any atom is 0.131 e. The van der Waals surface area contributed by atoms with E-state index < -0.39 is 0 Å². The molecule has 0 bridgehead atoms. The minimum Gasteiger partial charge on any atom is -0.383 e. The van der Waals surface area contributed by atoms with E-state index in [1.54, 1.807) is 11.8 Å². The fourth-order valence-corrected chi connectivity index (χ4v) is 1.57. The second-order valence-corrected chi connectivity index (χ2v) is 2.90. The molecule has 4 heteroatoms. The average Bonchev–Trinajstić information content (AvgIpc) is 2.04. The van der Waals surface area contributed by atoms with Crippen LogP contribution in [-0.2, 0) is 6.42 Å². The van der Waals surface area contributed by atoms with E-state index in [0.29, 0.717) is 5.82 Å². The van der Waals surface area contributed by atoms with Gasteiger partial charge in [0, 0.05) is 5.56 Å². The Morgan fingerprint density at radius 3 is 2.73 bits per heavy atom. The predicted octanol–water partition coefficient (Wildman–Crippen LogP) is 1.34. The van der Waals surface area contributed by atoms with Gasteiger partial charge in [0.15, 0.2) is 0 Å². The Labute approximate surface area is 70.4 Å². The zero-order valence-electron chi connectivity index (χ0n) is 6.66. The Morgan fingerprint density at radius 2 is 2.27 bits per heavy atom. The Hall–Kier alpha value is -0.770. The standard InChI is InChI=1S/C7H11N3S/c1-3-5-6(8)9-4-10-7(5)11-2/h4H,3H2,1-2H3,(H2,8,9,10). The lowest BCUT2D eigenvalue weighted by atomic mass is 10.2. The average molecular weight is 169 g/mol. The van der Waals surface area contributed by atoms with E-state index in [1.165, 1.54) is 6.33 Å². The molecule has 0 saturated heterocycles. The molecule has 0 saturated carbocycles. The molecule has 1 aromatic rings. The highest BCUT2D eigenvalue weighted by Crippen LogP contribution is 2.20. The number of hydrogen-bond donors (Lipinski definition) is 1. The van der Waals surface area contributed by atoms with Crippen molar-refractivity contribution in [2.75, 3.05) is 12.0 Å². The van der Waals surface area contributed by atoms with Gasteiger partial charge in [-0.15, -0.1) is 11.8 Å². The highest BCUT2D eigenvalue weighted by Gasteiger charge is 2.04. The summed E-state index contributed by atoms with van der Waals surface area (Å²) in [6.07, 6.45) is 4.38. The smallest absolute Gasteiger partial charge is 0.131 e. The van der Waals surface area contributed by atoms with Crippen molar-refractivity contribution in [3.05, 3.63) is 11.9 Å². The molecule has 3 nitrogen and oxygen atoms in total. The van der Waals surface area contributed by atoms with Crippen molar-refractivity contribution >= 4 is 17.6 Å². The summed E-state index contributed by atoms with van der Waals surface area (Å²) in [5, 5.41) is 0.986. The minimum absolute atomic E-state index is 0.604. The summed E-state index contributed by atoms with van der Waals surface area (Å²) >= 11 is 1.60. The number of nitrogen functional groups attached to an aromatic ring is 1. The predicted molar refractivity (Wildman–Crippen MR) is 47.6 cm³/mol. The van der Waals surface area contributed by atoms with E-state index in [1.807, 2.05) is 6.26 Å². The van der Waals surface area contributed by atoms with Gasteiger partial charge in [-0.3, -0.25) is 0 Å². The van der Waals surface area contributed by atoms with Crippen LogP contribution in [0.3, 0.4) is 0 Å². The van der Waals surface area contributed by atoms with E-state index in [4.69, 9.17) is 5.73 Å². The molecule has 60 valence electrons. The molecule has 0 aliphatic carbocycles. The molecule has 1 aromatic heterocycles. The van der Waals surface area contributed by atoms with Gasteiger partial charge < -0.3 is 5.73 Å². The SMILES string of the molecule is CCc1c(N)ncnc1SC. The van der Waals surface area contributed by atoms with Crippen molar-refractivity contribution in [2.45, 2.75) is 18.4 Å². The van der Waals surface area contributed by atoms with Crippen LogP contribution in [-0.4, -0.2) is 16.2 Å². The van der Waals surface area contributed by atoms with Crippen molar-refractivity contribution in [1.82, 2.24) is 9.97 Å². The third-order valence-electron chi connectivity index (χ3n) is 1.49. The third kappa shape index (κ3) is 1.63. The molecule has 0 aliphatic rings. The molecule has 1 rings (SSSR count). The Balaban J connectivity index is 3.13. The second-order valence-electron chi connectivity index (χ2n) is 2.10. The lowest BCUT2D eigenvalue weighted by Gasteiger charge is -2.04. The molecule has 2 N–H and O–H groups in total. The molecular weight excluding hydrogens is 158 g/mol. The number of thioether (sulfide) groups is 1. The molecule has 1 heterocycles. The molecule has 0 aliphatic heterocycles. The molecule has 0 fully saturated rings. The Morgan fingerprint density at radius 1 is 1.55 bits per heavy atom. The van der Waals surface area contributed by atoms with Gasteiger partial charge in [0.2, 0.25) is 0 Å². The number of rotatable bonds is 2. The van der Waals surface area contributed by atoms with Gasteiger partial charge in [-0.2, -0.15) is 0 Å². The van der Waals surface area contributed by atoms with Crippen LogP contribution >= 0.6 is 11.8 Å². The van der Waals surface area contributed by atoms with Crippen LogP contribution in [0.5, 0.6) is 0 Å². The van der Waals surface area contributed by atoms with Crippen molar-refractivity contribution in [3.63, 3.8) is 0 Å². The van der Waals surface area contributed by atoms with E-state index in [2.05, 4.69) is 16.9 Å². The third-order valence-corrected chi connectivity index (χ3v) is 2.22. The first-order valence-corrected chi connectivity index (χ1v) is 4.65. The Kier molecular flexibility index (Phi) is 2.70. The summed E-state index contributed by atoms with van der Waals surface area (Å²) in [5.41, 5.74) is 6.70. The van der Waals surface area contributed by atoms with Gasteiger partial charge in [-0.05, 0) is 12.7 Å². The minimum atomic E-state index is 0.604. The zero-order valence-corrected chi connectivity index (χ0v) is 7.48. The first-order valence-electron chi connectivity index (χ1n) is 3.43. The molecular formula is C7H11N3S. The first kappa shape index (κ1) is 8.33. The number of aromatic nitrogens is 2.